The second kappa shape index (κ2) is 8.66. The minimum Gasteiger partial charge on any atom is -0.298 e. The number of pyridine rings is 1. The van der Waals surface area contributed by atoms with Gasteiger partial charge in [-0.1, -0.05) is 29.8 Å². The molecule has 4 rings (SSSR count). The molecule has 7 nitrogen and oxygen atoms in total. The van der Waals surface area contributed by atoms with E-state index in [0.717, 1.165) is 11.1 Å². The minimum atomic E-state index is -3.84. The van der Waals surface area contributed by atoms with Gasteiger partial charge in [0.1, 0.15) is 0 Å². The standard InChI is InChI=1S/C22H18N4O3S2/c1-15-8-10-17(11-9-15)31(28,29)26-19-7-3-2-6-18(19)21(27)25-22-24-20(14-30-22)16-5-4-12-23-13-16/h2-14,26H,1H3,(H,24,25,27). The molecule has 0 aliphatic heterocycles. The quantitative estimate of drug-likeness (QED) is 0.448. The van der Waals surface area contributed by atoms with E-state index in [1.807, 2.05) is 24.4 Å². The zero-order valence-corrected chi connectivity index (χ0v) is 18.1. The van der Waals surface area contributed by atoms with Crippen molar-refractivity contribution in [3.8, 4) is 11.3 Å². The highest BCUT2D eigenvalue weighted by Crippen LogP contribution is 2.26. The van der Waals surface area contributed by atoms with Crippen molar-refractivity contribution in [2.24, 2.45) is 0 Å². The van der Waals surface area contributed by atoms with Crippen molar-refractivity contribution in [3.05, 3.63) is 89.6 Å². The van der Waals surface area contributed by atoms with Gasteiger partial charge in [-0.3, -0.25) is 19.8 Å². The number of hydrogen-bond acceptors (Lipinski definition) is 6. The summed E-state index contributed by atoms with van der Waals surface area (Å²) >= 11 is 1.28. The van der Waals surface area contributed by atoms with Crippen LogP contribution in [0.25, 0.3) is 11.3 Å². The fraction of sp³-hybridized carbons (Fsp3) is 0.0455. The topological polar surface area (TPSA) is 101 Å². The van der Waals surface area contributed by atoms with Crippen LogP contribution in [0.4, 0.5) is 10.8 Å². The van der Waals surface area contributed by atoms with Gasteiger partial charge in [0.15, 0.2) is 5.13 Å². The van der Waals surface area contributed by atoms with Crippen molar-refractivity contribution in [1.82, 2.24) is 9.97 Å². The summed E-state index contributed by atoms with van der Waals surface area (Å²) in [6, 6.07) is 16.6. The fourth-order valence-corrected chi connectivity index (χ4v) is 4.63. The summed E-state index contributed by atoms with van der Waals surface area (Å²) in [4.78, 5) is 21.5. The van der Waals surface area contributed by atoms with E-state index < -0.39 is 15.9 Å². The molecule has 0 fully saturated rings. The first-order valence-electron chi connectivity index (χ1n) is 9.28. The van der Waals surface area contributed by atoms with E-state index in [0.29, 0.717) is 10.8 Å². The number of anilines is 2. The predicted molar refractivity (Wildman–Crippen MR) is 122 cm³/mol. The lowest BCUT2D eigenvalue weighted by Crippen LogP contribution is -2.18. The second-order valence-electron chi connectivity index (χ2n) is 6.70. The van der Waals surface area contributed by atoms with Crippen LogP contribution in [-0.2, 0) is 10.0 Å². The van der Waals surface area contributed by atoms with Crippen molar-refractivity contribution < 1.29 is 13.2 Å². The van der Waals surface area contributed by atoms with Gasteiger partial charge in [-0.25, -0.2) is 13.4 Å². The third kappa shape index (κ3) is 4.79. The molecule has 2 aromatic carbocycles. The van der Waals surface area contributed by atoms with Gasteiger partial charge in [0.25, 0.3) is 15.9 Å². The van der Waals surface area contributed by atoms with E-state index in [1.165, 1.54) is 23.5 Å². The Balaban J connectivity index is 1.55. The average molecular weight is 451 g/mol. The highest BCUT2D eigenvalue weighted by Gasteiger charge is 2.19. The zero-order chi connectivity index (χ0) is 21.8. The molecule has 0 aliphatic carbocycles. The molecule has 156 valence electrons. The number of rotatable bonds is 6. The molecule has 0 atom stereocenters. The molecule has 0 saturated carbocycles. The highest BCUT2D eigenvalue weighted by molar-refractivity contribution is 7.92. The molecule has 2 aromatic heterocycles. The molecule has 0 aliphatic rings. The Bertz CT molecular complexity index is 1320. The highest BCUT2D eigenvalue weighted by atomic mass is 32.2. The molecule has 0 radical (unpaired) electrons. The first-order chi connectivity index (χ1) is 14.9. The van der Waals surface area contributed by atoms with E-state index in [1.54, 1.807) is 48.8 Å². The molecule has 31 heavy (non-hydrogen) atoms. The lowest BCUT2D eigenvalue weighted by atomic mass is 10.2. The van der Waals surface area contributed by atoms with Gasteiger partial charge in [0.2, 0.25) is 0 Å². The first-order valence-corrected chi connectivity index (χ1v) is 11.6. The van der Waals surface area contributed by atoms with Gasteiger partial charge in [-0.15, -0.1) is 11.3 Å². The van der Waals surface area contributed by atoms with Crippen LogP contribution in [0, 0.1) is 6.92 Å². The number of hydrogen-bond donors (Lipinski definition) is 2. The summed E-state index contributed by atoms with van der Waals surface area (Å²) in [5, 5.41) is 4.96. The van der Waals surface area contributed by atoms with E-state index in [2.05, 4.69) is 20.0 Å². The van der Waals surface area contributed by atoms with Gasteiger partial charge in [-0.2, -0.15) is 0 Å². The number of benzene rings is 2. The Morgan fingerprint density at radius 2 is 1.77 bits per heavy atom. The third-order valence-electron chi connectivity index (χ3n) is 4.43. The summed E-state index contributed by atoms with van der Waals surface area (Å²) in [6.07, 6.45) is 3.36. The monoisotopic (exact) mass is 450 g/mol. The molecular formula is C22H18N4O3S2. The van der Waals surface area contributed by atoms with Crippen LogP contribution in [0.3, 0.4) is 0 Å². The first kappa shape index (κ1) is 20.7. The number of para-hydroxylation sites is 1. The smallest absolute Gasteiger partial charge is 0.261 e. The third-order valence-corrected chi connectivity index (χ3v) is 6.57. The van der Waals surface area contributed by atoms with E-state index >= 15 is 0 Å². The largest absolute Gasteiger partial charge is 0.298 e. The molecule has 1 amide bonds. The molecule has 0 saturated heterocycles. The molecular weight excluding hydrogens is 432 g/mol. The molecule has 0 spiro atoms. The second-order valence-corrected chi connectivity index (χ2v) is 9.24. The summed E-state index contributed by atoms with van der Waals surface area (Å²) in [6.45, 7) is 1.88. The van der Waals surface area contributed by atoms with Gasteiger partial charge < -0.3 is 0 Å². The number of amides is 1. The number of carbonyl (C=O) groups is 1. The number of aryl methyl sites for hydroxylation is 1. The number of sulfonamides is 1. The molecule has 2 N–H and O–H groups in total. The van der Waals surface area contributed by atoms with E-state index in [-0.39, 0.29) is 16.1 Å². The molecule has 4 aromatic rings. The lowest BCUT2D eigenvalue weighted by Gasteiger charge is -2.12. The van der Waals surface area contributed by atoms with Crippen LogP contribution in [0.15, 0.2) is 83.3 Å². The normalized spacial score (nSPS) is 11.1. The van der Waals surface area contributed by atoms with Crippen molar-refractivity contribution in [2.45, 2.75) is 11.8 Å². The lowest BCUT2D eigenvalue weighted by molar-refractivity contribution is 0.102. The molecule has 0 bridgehead atoms. The van der Waals surface area contributed by atoms with Crippen LogP contribution < -0.4 is 10.0 Å². The van der Waals surface area contributed by atoms with Crippen LogP contribution in [0.5, 0.6) is 0 Å². The van der Waals surface area contributed by atoms with Gasteiger partial charge in [0, 0.05) is 23.3 Å². The average Bonchev–Trinajstić information content (AvgIpc) is 3.23. The summed E-state index contributed by atoms with van der Waals surface area (Å²) in [5.41, 5.74) is 2.86. The maximum atomic E-state index is 12.9. The maximum absolute atomic E-state index is 12.9. The Morgan fingerprint density at radius 1 is 1.00 bits per heavy atom. The van der Waals surface area contributed by atoms with Crippen LogP contribution in [0.2, 0.25) is 0 Å². The van der Waals surface area contributed by atoms with Crippen LogP contribution in [-0.4, -0.2) is 24.3 Å². The van der Waals surface area contributed by atoms with Gasteiger partial charge >= 0.3 is 0 Å². The molecule has 0 unspecified atom stereocenters. The predicted octanol–water partition coefficient (Wildman–Crippen LogP) is 4.57. The number of nitrogens with one attached hydrogen (secondary N) is 2. The summed E-state index contributed by atoms with van der Waals surface area (Å²) in [5.74, 6) is -0.464. The Labute approximate surface area is 183 Å². The van der Waals surface area contributed by atoms with Crippen molar-refractivity contribution in [1.29, 1.82) is 0 Å². The van der Waals surface area contributed by atoms with Gasteiger partial charge in [0.05, 0.1) is 21.8 Å². The Kier molecular flexibility index (Phi) is 5.79. The number of carbonyl (C=O) groups excluding carboxylic acids is 1. The molecule has 2 heterocycles. The van der Waals surface area contributed by atoms with Crippen molar-refractivity contribution >= 4 is 38.1 Å². The zero-order valence-electron chi connectivity index (χ0n) is 16.4. The van der Waals surface area contributed by atoms with Crippen LogP contribution in [0.1, 0.15) is 15.9 Å². The summed E-state index contributed by atoms with van der Waals surface area (Å²) < 4.78 is 28.0. The number of nitrogens with zero attached hydrogens (tertiary/aromatic N) is 2. The van der Waals surface area contributed by atoms with E-state index in [9.17, 15) is 13.2 Å². The van der Waals surface area contributed by atoms with Crippen molar-refractivity contribution in [3.63, 3.8) is 0 Å². The minimum absolute atomic E-state index is 0.120. The Hall–Kier alpha value is -3.56. The van der Waals surface area contributed by atoms with Gasteiger partial charge in [-0.05, 0) is 43.3 Å². The van der Waals surface area contributed by atoms with Crippen LogP contribution >= 0.6 is 11.3 Å². The maximum Gasteiger partial charge on any atom is 0.261 e. The van der Waals surface area contributed by atoms with Crippen molar-refractivity contribution in [2.75, 3.05) is 10.0 Å². The summed E-state index contributed by atoms with van der Waals surface area (Å²) in [7, 11) is -3.84. The fourth-order valence-electron chi connectivity index (χ4n) is 2.83. The van der Waals surface area contributed by atoms with E-state index in [4.69, 9.17) is 0 Å². The number of thiazole rings is 1. The molecule has 9 heteroatoms. The number of aromatic nitrogens is 2. The Morgan fingerprint density at radius 3 is 2.52 bits per heavy atom. The SMILES string of the molecule is Cc1ccc(S(=O)(=O)Nc2ccccc2C(=O)Nc2nc(-c3cccnc3)cs2)cc1.